The molecule has 1 aromatic carbocycles. The van der Waals surface area contributed by atoms with Crippen LogP contribution in [0, 0.1) is 6.92 Å². The molecule has 3 aromatic rings. The molecule has 126 valence electrons. The molecule has 25 heavy (non-hydrogen) atoms. The number of aliphatic carboxylic acids is 1. The monoisotopic (exact) mass is 353 g/mol. The van der Waals surface area contributed by atoms with E-state index in [4.69, 9.17) is 16.6 Å². The van der Waals surface area contributed by atoms with Crippen LogP contribution in [0.2, 0.25) is 5.02 Å². The van der Waals surface area contributed by atoms with Crippen LogP contribution in [0.1, 0.15) is 24.1 Å². The Morgan fingerprint density at radius 2 is 2.04 bits per heavy atom. The summed E-state index contributed by atoms with van der Waals surface area (Å²) in [6.07, 6.45) is 4.72. The molecule has 1 saturated carbocycles. The van der Waals surface area contributed by atoms with E-state index in [0.29, 0.717) is 17.9 Å². The molecule has 0 unspecified atom stereocenters. The fourth-order valence-electron chi connectivity index (χ4n) is 2.81. The van der Waals surface area contributed by atoms with E-state index in [0.717, 1.165) is 28.2 Å². The largest absolute Gasteiger partial charge is 0.479 e. The summed E-state index contributed by atoms with van der Waals surface area (Å²) in [6, 6.07) is 11.4. The number of aryl methyl sites for hydroxylation is 1. The number of hydrogen-bond donors (Lipinski definition) is 1. The Bertz CT molecular complexity index is 1000. The minimum Gasteiger partial charge on any atom is -0.479 e. The molecule has 1 N–H and O–H groups in total. The van der Waals surface area contributed by atoms with E-state index in [1.54, 1.807) is 6.21 Å². The highest BCUT2D eigenvalue weighted by atomic mass is 35.5. The predicted octanol–water partition coefficient (Wildman–Crippen LogP) is 4.00. The number of nitrogens with zero attached hydrogens (tertiary/aromatic N) is 3. The predicted molar refractivity (Wildman–Crippen MR) is 97.6 cm³/mol. The molecule has 2 aromatic heterocycles. The average Bonchev–Trinajstić information content (AvgIpc) is 3.30. The van der Waals surface area contributed by atoms with Crippen LogP contribution in [0.4, 0.5) is 0 Å². The second kappa shape index (κ2) is 5.70. The molecular formula is C19H16ClN3O2. The van der Waals surface area contributed by atoms with E-state index in [-0.39, 0.29) is 0 Å². The summed E-state index contributed by atoms with van der Waals surface area (Å²) in [5, 5.41) is 10.0. The molecule has 0 amide bonds. The lowest BCUT2D eigenvalue weighted by molar-refractivity contribution is -0.139. The maximum Gasteiger partial charge on any atom is 0.331 e. The lowest BCUT2D eigenvalue weighted by Gasteiger charge is -2.04. The number of imidazole rings is 1. The van der Waals surface area contributed by atoms with E-state index < -0.39 is 11.5 Å². The number of carbonyl (C=O) groups is 1. The third-order valence-corrected chi connectivity index (χ3v) is 4.74. The quantitative estimate of drug-likeness (QED) is 0.721. The van der Waals surface area contributed by atoms with Gasteiger partial charge in [0, 0.05) is 23.0 Å². The van der Waals surface area contributed by atoms with Crippen LogP contribution < -0.4 is 0 Å². The van der Waals surface area contributed by atoms with Crippen LogP contribution in [-0.4, -0.2) is 32.2 Å². The van der Waals surface area contributed by atoms with Gasteiger partial charge < -0.3 is 5.11 Å². The van der Waals surface area contributed by atoms with Gasteiger partial charge in [-0.05, 0) is 49.6 Å². The first-order valence-electron chi connectivity index (χ1n) is 8.02. The zero-order chi connectivity index (χ0) is 17.6. The molecule has 1 aliphatic rings. The normalized spacial score (nSPS) is 15.8. The fraction of sp³-hybridized carbons (Fsp3) is 0.211. The van der Waals surface area contributed by atoms with Gasteiger partial charge in [-0.3, -0.25) is 9.39 Å². The third-order valence-electron chi connectivity index (χ3n) is 4.49. The zero-order valence-electron chi connectivity index (χ0n) is 13.6. The number of aliphatic imine (C=N–C) groups is 1. The molecule has 5 nitrogen and oxygen atoms in total. The van der Waals surface area contributed by atoms with Crippen molar-refractivity contribution in [3.8, 4) is 11.3 Å². The molecule has 4 rings (SSSR count). The van der Waals surface area contributed by atoms with E-state index in [9.17, 15) is 9.90 Å². The van der Waals surface area contributed by atoms with Crippen LogP contribution in [0.5, 0.6) is 0 Å². The second-order valence-electron chi connectivity index (χ2n) is 6.38. The number of fused-ring (bicyclic) bond motifs is 1. The topological polar surface area (TPSA) is 67.0 Å². The van der Waals surface area contributed by atoms with Crippen molar-refractivity contribution in [1.29, 1.82) is 0 Å². The van der Waals surface area contributed by atoms with E-state index in [1.165, 1.54) is 0 Å². The zero-order valence-corrected chi connectivity index (χ0v) is 14.4. The highest BCUT2D eigenvalue weighted by Gasteiger charge is 2.50. The molecule has 0 spiro atoms. The van der Waals surface area contributed by atoms with Crippen molar-refractivity contribution in [1.82, 2.24) is 9.38 Å². The Morgan fingerprint density at radius 3 is 2.68 bits per heavy atom. The molecule has 1 fully saturated rings. The van der Waals surface area contributed by atoms with Crippen molar-refractivity contribution in [3.05, 3.63) is 58.9 Å². The molecule has 0 saturated heterocycles. The molecular weight excluding hydrogens is 338 g/mol. The van der Waals surface area contributed by atoms with Gasteiger partial charge in [-0.15, -0.1) is 0 Å². The number of carboxylic acids is 1. The maximum atomic E-state index is 11.4. The van der Waals surface area contributed by atoms with Crippen molar-refractivity contribution in [2.24, 2.45) is 4.99 Å². The summed E-state index contributed by atoms with van der Waals surface area (Å²) < 4.78 is 1.93. The van der Waals surface area contributed by atoms with Crippen molar-refractivity contribution >= 4 is 29.4 Å². The Morgan fingerprint density at radius 1 is 1.32 bits per heavy atom. The molecule has 0 radical (unpaired) electrons. The second-order valence-corrected chi connectivity index (χ2v) is 6.82. The van der Waals surface area contributed by atoms with Crippen LogP contribution in [-0.2, 0) is 4.79 Å². The SMILES string of the molecule is Cc1ccn2c(C=NC3(C(=O)O)CC3)c(-c3ccc(Cl)cc3)nc2c1. The number of carboxylic acid groups (broad SMARTS) is 1. The van der Waals surface area contributed by atoms with Gasteiger partial charge in [0.15, 0.2) is 5.54 Å². The first-order valence-corrected chi connectivity index (χ1v) is 8.40. The van der Waals surface area contributed by atoms with Gasteiger partial charge in [0.1, 0.15) is 5.65 Å². The fourth-order valence-corrected chi connectivity index (χ4v) is 2.94. The van der Waals surface area contributed by atoms with E-state index in [2.05, 4.69) is 4.99 Å². The van der Waals surface area contributed by atoms with Gasteiger partial charge in [0.2, 0.25) is 0 Å². The van der Waals surface area contributed by atoms with Gasteiger partial charge in [-0.2, -0.15) is 0 Å². The minimum absolute atomic E-state index is 0.574. The Hall–Kier alpha value is -2.66. The van der Waals surface area contributed by atoms with Gasteiger partial charge >= 0.3 is 5.97 Å². The Kier molecular flexibility index (Phi) is 3.62. The highest BCUT2D eigenvalue weighted by molar-refractivity contribution is 6.30. The Balaban J connectivity index is 1.88. The summed E-state index contributed by atoms with van der Waals surface area (Å²) >= 11 is 5.99. The molecule has 0 bridgehead atoms. The summed E-state index contributed by atoms with van der Waals surface area (Å²) in [5.74, 6) is -0.874. The van der Waals surface area contributed by atoms with E-state index in [1.807, 2.05) is 53.9 Å². The first kappa shape index (κ1) is 15.8. The minimum atomic E-state index is -0.966. The van der Waals surface area contributed by atoms with Crippen LogP contribution >= 0.6 is 11.6 Å². The first-order chi connectivity index (χ1) is 12.0. The van der Waals surface area contributed by atoms with E-state index >= 15 is 0 Å². The van der Waals surface area contributed by atoms with Crippen LogP contribution in [0.3, 0.4) is 0 Å². The summed E-state index contributed by atoms with van der Waals surface area (Å²) in [7, 11) is 0. The van der Waals surface area contributed by atoms with Crippen LogP contribution in [0.25, 0.3) is 16.9 Å². The smallest absolute Gasteiger partial charge is 0.331 e. The molecule has 1 aliphatic carbocycles. The Labute approximate surface area is 149 Å². The summed E-state index contributed by atoms with van der Waals surface area (Å²) in [6.45, 7) is 2.01. The van der Waals surface area contributed by atoms with Crippen molar-refractivity contribution < 1.29 is 9.90 Å². The summed E-state index contributed by atoms with van der Waals surface area (Å²) in [4.78, 5) is 20.5. The number of hydrogen-bond acceptors (Lipinski definition) is 3. The molecule has 6 heteroatoms. The highest BCUT2D eigenvalue weighted by Crippen LogP contribution is 2.40. The van der Waals surface area contributed by atoms with Gasteiger partial charge in [0.25, 0.3) is 0 Å². The molecule has 0 aliphatic heterocycles. The van der Waals surface area contributed by atoms with Crippen molar-refractivity contribution in [3.63, 3.8) is 0 Å². The van der Waals surface area contributed by atoms with Gasteiger partial charge in [-0.25, -0.2) is 9.78 Å². The van der Waals surface area contributed by atoms with Crippen LogP contribution in [0.15, 0.2) is 47.6 Å². The lowest BCUT2D eigenvalue weighted by Crippen LogP contribution is -2.19. The number of benzene rings is 1. The number of halogens is 1. The van der Waals surface area contributed by atoms with Crippen molar-refractivity contribution in [2.75, 3.05) is 0 Å². The number of aromatic nitrogens is 2. The standard InChI is InChI=1S/C19H16ClN3O2/c1-12-6-9-23-15(11-21-19(7-8-19)18(24)25)17(22-16(23)10-12)13-2-4-14(20)5-3-13/h2-6,9-11H,7-8H2,1H3,(H,24,25). The third kappa shape index (κ3) is 2.81. The van der Waals surface area contributed by atoms with Gasteiger partial charge in [-0.1, -0.05) is 23.7 Å². The molecule has 0 atom stereocenters. The van der Waals surface area contributed by atoms with Gasteiger partial charge in [0.05, 0.1) is 11.4 Å². The summed E-state index contributed by atoms with van der Waals surface area (Å²) in [5.41, 5.74) is 3.37. The number of rotatable bonds is 4. The number of pyridine rings is 1. The average molecular weight is 354 g/mol. The molecule has 2 heterocycles. The lowest BCUT2D eigenvalue weighted by atomic mass is 10.1. The maximum absolute atomic E-state index is 11.4. The van der Waals surface area contributed by atoms with Crippen molar-refractivity contribution in [2.45, 2.75) is 25.3 Å².